The number of nitrogens with zero attached hydrogens (tertiary/aromatic N) is 3. The van der Waals surface area contributed by atoms with Crippen LogP contribution < -0.4 is 10.1 Å². The zero-order chi connectivity index (χ0) is 13.4. The molecule has 0 aromatic carbocycles. The first-order valence-electron chi connectivity index (χ1n) is 6.10. The number of fused-ring (bicyclic) bond motifs is 1. The van der Waals surface area contributed by atoms with Crippen LogP contribution in [0.2, 0.25) is 0 Å². The Morgan fingerprint density at radius 3 is 3.16 bits per heavy atom. The Morgan fingerprint density at radius 2 is 2.47 bits per heavy atom. The van der Waals surface area contributed by atoms with Gasteiger partial charge in [0.05, 0.1) is 0 Å². The van der Waals surface area contributed by atoms with E-state index in [1.165, 1.54) is 15.7 Å². The van der Waals surface area contributed by atoms with E-state index in [-0.39, 0.29) is 17.8 Å². The van der Waals surface area contributed by atoms with E-state index in [2.05, 4.69) is 10.3 Å². The van der Waals surface area contributed by atoms with E-state index in [0.717, 1.165) is 19.4 Å². The summed E-state index contributed by atoms with van der Waals surface area (Å²) in [6.07, 6.45) is 3.52. The maximum absolute atomic E-state index is 11.1. The normalized spacial score (nSPS) is 22.4. The predicted octanol–water partition coefficient (Wildman–Crippen LogP) is 1.68. The van der Waals surface area contributed by atoms with Gasteiger partial charge in [0.15, 0.2) is 0 Å². The lowest BCUT2D eigenvalue weighted by Crippen LogP contribution is -2.38. The van der Waals surface area contributed by atoms with Crippen molar-refractivity contribution in [3.63, 3.8) is 0 Å². The Kier molecular flexibility index (Phi) is 3.11. The van der Waals surface area contributed by atoms with Gasteiger partial charge in [-0.15, -0.1) is 0 Å². The minimum atomic E-state index is -0.439. The highest BCUT2D eigenvalue weighted by atomic mass is 32.1. The molecular weight excluding hydrogens is 268 g/mol. The molecule has 2 aromatic rings. The molecule has 1 aliphatic carbocycles. The van der Waals surface area contributed by atoms with E-state index in [0.29, 0.717) is 10.9 Å². The molecule has 0 saturated heterocycles. The van der Waals surface area contributed by atoms with Crippen molar-refractivity contribution in [3.05, 3.63) is 21.7 Å². The molecule has 102 valence electrons. The average Bonchev–Trinajstić information content (AvgIpc) is 2.85. The summed E-state index contributed by atoms with van der Waals surface area (Å²) in [6.45, 7) is 0.959. The molecule has 19 heavy (non-hydrogen) atoms. The number of ether oxygens (including phenoxy) is 1. The summed E-state index contributed by atoms with van der Waals surface area (Å²) in [4.78, 5) is 15.4. The Balaban J connectivity index is 1.76. The fourth-order valence-electron chi connectivity index (χ4n) is 2.38. The quantitative estimate of drug-likeness (QED) is 0.666. The molecule has 1 saturated carbocycles. The van der Waals surface area contributed by atoms with Gasteiger partial charge in [0.25, 0.3) is 4.96 Å². The minimum Gasteiger partial charge on any atom is -0.468 e. The Morgan fingerprint density at radius 1 is 1.68 bits per heavy atom. The van der Waals surface area contributed by atoms with Crippen molar-refractivity contribution in [2.45, 2.75) is 18.9 Å². The molecule has 0 unspecified atom stereocenters. The van der Waals surface area contributed by atoms with Crippen LogP contribution in [0.1, 0.15) is 12.8 Å². The second kappa shape index (κ2) is 4.78. The molecule has 7 nitrogen and oxygen atoms in total. The SMILES string of the molecule is CNCC1CC(Oc2nc3sccn3c2[N+](=O)[O-])C1. The third-order valence-corrected chi connectivity index (χ3v) is 4.10. The number of rotatable bonds is 5. The van der Waals surface area contributed by atoms with Crippen molar-refractivity contribution in [2.75, 3.05) is 13.6 Å². The lowest BCUT2D eigenvalue weighted by atomic mass is 9.82. The summed E-state index contributed by atoms with van der Waals surface area (Å²) in [6, 6.07) is 0. The summed E-state index contributed by atoms with van der Waals surface area (Å²) in [7, 11) is 1.92. The van der Waals surface area contributed by atoms with Crippen LogP contribution in [0.5, 0.6) is 5.88 Å². The Labute approximate surface area is 113 Å². The van der Waals surface area contributed by atoms with Crippen LogP contribution in [0.15, 0.2) is 11.6 Å². The van der Waals surface area contributed by atoms with E-state index >= 15 is 0 Å². The van der Waals surface area contributed by atoms with Gasteiger partial charge < -0.3 is 20.2 Å². The van der Waals surface area contributed by atoms with Gasteiger partial charge in [-0.05, 0) is 37.3 Å². The number of aromatic nitrogens is 2. The standard InChI is InChI=1S/C11H14N4O3S/c1-12-6-7-4-8(5-7)18-9-10(15(16)17)14-2-3-19-11(14)13-9/h2-3,7-8,12H,4-6H2,1H3. The van der Waals surface area contributed by atoms with Crippen molar-refractivity contribution in [1.82, 2.24) is 14.7 Å². The predicted molar refractivity (Wildman–Crippen MR) is 70.8 cm³/mol. The van der Waals surface area contributed by atoms with Crippen molar-refractivity contribution < 1.29 is 9.66 Å². The van der Waals surface area contributed by atoms with E-state index in [9.17, 15) is 10.1 Å². The van der Waals surface area contributed by atoms with Crippen molar-refractivity contribution >= 4 is 22.1 Å². The Hall–Kier alpha value is -1.67. The summed E-state index contributed by atoms with van der Waals surface area (Å²) >= 11 is 1.36. The third kappa shape index (κ3) is 2.17. The first kappa shape index (κ1) is 12.4. The van der Waals surface area contributed by atoms with Gasteiger partial charge in [0.1, 0.15) is 12.3 Å². The first-order valence-corrected chi connectivity index (χ1v) is 6.98. The molecule has 2 aromatic heterocycles. The minimum absolute atomic E-state index is 0.0432. The zero-order valence-electron chi connectivity index (χ0n) is 10.4. The van der Waals surface area contributed by atoms with Crippen molar-refractivity contribution in [2.24, 2.45) is 5.92 Å². The number of imidazole rings is 1. The highest BCUT2D eigenvalue weighted by Gasteiger charge is 2.34. The molecule has 1 aliphatic rings. The van der Waals surface area contributed by atoms with Crippen LogP contribution in [-0.4, -0.2) is 34.0 Å². The van der Waals surface area contributed by atoms with Gasteiger partial charge in [-0.25, -0.2) is 0 Å². The molecule has 3 rings (SSSR count). The molecule has 2 heterocycles. The van der Waals surface area contributed by atoms with E-state index in [1.54, 1.807) is 11.6 Å². The van der Waals surface area contributed by atoms with Crippen molar-refractivity contribution in [1.29, 1.82) is 0 Å². The van der Waals surface area contributed by atoms with Gasteiger partial charge in [-0.1, -0.05) is 11.3 Å². The fraction of sp³-hybridized carbons (Fsp3) is 0.545. The monoisotopic (exact) mass is 282 g/mol. The second-order valence-corrected chi connectivity index (χ2v) is 5.56. The van der Waals surface area contributed by atoms with Gasteiger partial charge in [-0.3, -0.25) is 0 Å². The molecular formula is C11H14N4O3S. The van der Waals surface area contributed by atoms with Gasteiger partial charge in [0, 0.05) is 5.38 Å². The van der Waals surface area contributed by atoms with E-state index < -0.39 is 4.92 Å². The maximum atomic E-state index is 11.1. The third-order valence-electron chi connectivity index (χ3n) is 3.34. The second-order valence-electron chi connectivity index (χ2n) is 4.69. The number of nitro groups is 1. The largest absolute Gasteiger partial charge is 0.468 e. The lowest BCUT2D eigenvalue weighted by molar-refractivity contribution is -0.391. The highest BCUT2D eigenvalue weighted by molar-refractivity contribution is 7.15. The van der Waals surface area contributed by atoms with E-state index in [1.807, 2.05) is 7.05 Å². The highest BCUT2D eigenvalue weighted by Crippen LogP contribution is 2.35. The van der Waals surface area contributed by atoms with Crippen LogP contribution in [0.3, 0.4) is 0 Å². The van der Waals surface area contributed by atoms with Crippen LogP contribution in [0.4, 0.5) is 5.82 Å². The topological polar surface area (TPSA) is 81.7 Å². The average molecular weight is 282 g/mol. The smallest absolute Gasteiger partial charge is 0.393 e. The van der Waals surface area contributed by atoms with Gasteiger partial charge >= 0.3 is 11.7 Å². The molecule has 1 N–H and O–H groups in total. The molecule has 1 fully saturated rings. The fourth-order valence-corrected chi connectivity index (χ4v) is 3.08. The zero-order valence-corrected chi connectivity index (χ0v) is 11.2. The molecule has 0 amide bonds. The molecule has 0 bridgehead atoms. The number of hydrogen-bond donors (Lipinski definition) is 1. The molecule has 0 radical (unpaired) electrons. The van der Waals surface area contributed by atoms with Crippen molar-refractivity contribution in [3.8, 4) is 5.88 Å². The summed E-state index contributed by atoms with van der Waals surface area (Å²) in [5.41, 5.74) is 0. The van der Waals surface area contributed by atoms with E-state index in [4.69, 9.17) is 4.74 Å². The lowest BCUT2D eigenvalue weighted by Gasteiger charge is -2.34. The first-order chi connectivity index (χ1) is 9.19. The number of nitrogens with one attached hydrogen (secondary N) is 1. The number of hydrogen-bond acceptors (Lipinski definition) is 6. The van der Waals surface area contributed by atoms with Crippen LogP contribution in [0.25, 0.3) is 4.96 Å². The number of thiazole rings is 1. The Bertz CT molecular complexity index is 602. The van der Waals surface area contributed by atoms with Crippen LogP contribution in [0, 0.1) is 16.0 Å². The molecule has 8 heteroatoms. The molecule has 0 atom stereocenters. The van der Waals surface area contributed by atoms with Gasteiger partial charge in [0.2, 0.25) is 0 Å². The summed E-state index contributed by atoms with van der Waals surface area (Å²) in [5.74, 6) is 0.663. The van der Waals surface area contributed by atoms with Crippen LogP contribution >= 0.6 is 11.3 Å². The molecule has 0 spiro atoms. The van der Waals surface area contributed by atoms with Gasteiger partial charge in [-0.2, -0.15) is 9.38 Å². The maximum Gasteiger partial charge on any atom is 0.393 e. The summed E-state index contributed by atoms with van der Waals surface area (Å²) in [5, 5.41) is 16.0. The van der Waals surface area contributed by atoms with Crippen LogP contribution in [-0.2, 0) is 0 Å². The molecule has 0 aliphatic heterocycles. The summed E-state index contributed by atoms with van der Waals surface area (Å²) < 4.78 is 7.13.